The van der Waals surface area contributed by atoms with Gasteiger partial charge in [0.1, 0.15) is 0 Å². The van der Waals surface area contributed by atoms with Crippen LogP contribution in [0.2, 0.25) is 0 Å². The van der Waals surface area contributed by atoms with E-state index in [1.807, 2.05) is 6.07 Å². The largest absolute Gasteiger partial charge is 0.0622 e. The van der Waals surface area contributed by atoms with E-state index in [0.29, 0.717) is 0 Å². The molecule has 1 aliphatic rings. The van der Waals surface area contributed by atoms with E-state index in [4.69, 9.17) is 0 Å². The highest BCUT2D eigenvalue weighted by molar-refractivity contribution is 5.80. The molecule has 4 rings (SSSR count). The summed E-state index contributed by atoms with van der Waals surface area (Å²) in [6.07, 6.45) is 1.03. The van der Waals surface area contributed by atoms with Gasteiger partial charge in [-0.05, 0) is 45.9 Å². The molecule has 1 radical (unpaired) electrons. The lowest BCUT2D eigenvalue weighted by Gasteiger charge is -2.05. The number of hydrogen-bond donors (Lipinski definition) is 0. The van der Waals surface area contributed by atoms with E-state index in [9.17, 15) is 0 Å². The number of hydrogen-bond acceptors (Lipinski definition) is 0. The second-order valence-electron chi connectivity index (χ2n) is 5.00. The zero-order valence-corrected chi connectivity index (χ0v) is 10.6. The third-order valence-electron chi connectivity index (χ3n) is 3.83. The zero-order valence-electron chi connectivity index (χ0n) is 10.6. The molecule has 0 nitrogen and oxygen atoms in total. The lowest BCUT2D eigenvalue weighted by Crippen LogP contribution is -1.83. The van der Waals surface area contributed by atoms with Crippen LogP contribution < -0.4 is 0 Å². The number of rotatable bonds is 1. The SMILES string of the molecule is [c]1ccc2c(c1)Cc1cc(-c3ccccc3)ccc1-2. The predicted molar refractivity (Wildman–Crippen MR) is 79.0 cm³/mol. The highest BCUT2D eigenvalue weighted by Gasteiger charge is 2.17. The van der Waals surface area contributed by atoms with Crippen LogP contribution in [0.25, 0.3) is 22.3 Å². The minimum Gasteiger partial charge on any atom is -0.0622 e. The molecule has 0 heteroatoms. The van der Waals surface area contributed by atoms with Crippen LogP contribution in [0.1, 0.15) is 11.1 Å². The molecule has 0 saturated carbocycles. The van der Waals surface area contributed by atoms with Gasteiger partial charge in [0.15, 0.2) is 0 Å². The number of fused-ring (bicyclic) bond motifs is 3. The summed E-state index contributed by atoms with van der Waals surface area (Å²) >= 11 is 0. The van der Waals surface area contributed by atoms with E-state index in [1.165, 1.54) is 33.4 Å². The topological polar surface area (TPSA) is 0 Å². The fourth-order valence-electron chi connectivity index (χ4n) is 2.89. The molecule has 0 fully saturated rings. The molecule has 19 heavy (non-hydrogen) atoms. The Balaban J connectivity index is 1.84. The van der Waals surface area contributed by atoms with Crippen LogP contribution in [0.15, 0.2) is 66.7 Å². The van der Waals surface area contributed by atoms with Gasteiger partial charge in [-0.25, -0.2) is 0 Å². The Labute approximate surface area is 113 Å². The van der Waals surface area contributed by atoms with E-state index >= 15 is 0 Å². The molecule has 1 aliphatic carbocycles. The van der Waals surface area contributed by atoms with Crippen LogP contribution in [-0.4, -0.2) is 0 Å². The minimum atomic E-state index is 1.03. The van der Waals surface area contributed by atoms with Gasteiger partial charge >= 0.3 is 0 Å². The maximum Gasteiger partial charge on any atom is -0.00130 e. The van der Waals surface area contributed by atoms with E-state index in [0.717, 1.165) is 6.42 Å². The van der Waals surface area contributed by atoms with Gasteiger partial charge in [-0.2, -0.15) is 0 Å². The molecule has 0 atom stereocenters. The van der Waals surface area contributed by atoms with Crippen molar-refractivity contribution in [3.8, 4) is 22.3 Å². The minimum absolute atomic E-state index is 1.03. The van der Waals surface area contributed by atoms with E-state index in [1.54, 1.807) is 0 Å². The summed E-state index contributed by atoms with van der Waals surface area (Å²) in [6.45, 7) is 0. The Kier molecular flexibility index (Phi) is 2.28. The summed E-state index contributed by atoms with van der Waals surface area (Å²) in [5, 5.41) is 0. The third-order valence-corrected chi connectivity index (χ3v) is 3.83. The first-order valence-corrected chi connectivity index (χ1v) is 6.59. The maximum absolute atomic E-state index is 3.17. The van der Waals surface area contributed by atoms with Gasteiger partial charge in [0, 0.05) is 0 Å². The lowest BCUT2D eigenvalue weighted by atomic mass is 9.99. The standard InChI is InChI=1S/C19H13/c1-2-6-14(7-3-1)15-10-11-19-17(12-15)13-16-8-4-5-9-18(16)19/h1-3,5-12H,13H2. The zero-order chi connectivity index (χ0) is 12.7. The summed E-state index contributed by atoms with van der Waals surface area (Å²) in [5.41, 5.74) is 8.15. The predicted octanol–water partition coefficient (Wildman–Crippen LogP) is 4.72. The van der Waals surface area contributed by atoms with E-state index in [-0.39, 0.29) is 0 Å². The Bertz CT molecular complexity index is 739. The summed E-state index contributed by atoms with van der Waals surface area (Å²) < 4.78 is 0. The van der Waals surface area contributed by atoms with Crippen molar-refractivity contribution in [2.24, 2.45) is 0 Å². The molecular weight excluding hydrogens is 228 g/mol. The molecule has 0 N–H and O–H groups in total. The van der Waals surface area contributed by atoms with Crippen LogP contribution in [-0.2, 0) is 6.42 Å². The van der Waals surface area contributed by atoms with Crippen molar-refractivity contribution >= 4 is 0 Å². The second kappa shape index (κ2) is 4.10. The molecule has 0 bridgehead atoms. The van der Waals surface area contributed by atoms with Gasteiger partial charge < -0.3 is 0 Å². The second-order valence-corrected chi connectivity index (χ2v) is 5.00. The van der Waals surface area contributed by atoms with Gasteiger partial charge in [-0.3, -0.25) is 0 Å². The van der Waals surface area contributed by atoms with Crippen LogP contribution in [0.3, 0.4) is 0 Å². The van der Waals surface area contributed by atoms with Crippen molar-refractivity contribution in [3.05, 3.63) is 83.9 Å². The molecule has 0 unspecified atom stereocenters. The average molecular weight is 241 g/mol. The van der Waals surface area contributed by atoms with E-state index < -0.39 is 0 Å². The van der Waals surface area contributed by atoms with Gasteiger partial charge in [0.25, 0.3) is 0 Å². The van der Waals surface area contributed by atoms with Gasteiger partial charge in [0.05, 0.1) is 0 Å². The first kappa shape index (κ1) is 10.6. The lowest BCUT2D eigenvalue weighted by molar-refractivity contribution is 1.26. The fourth-order valence-corrected chi connectivity index (χ4v) is 2.89. The maximum atomic E-state index is 3.17. The van der Waals surface area contributed by atoms with Crippen molar-refractivity contribution in [2.75, 3.05) is 0 Å². The van der Waals surface area contributed by atoms with Gasteiger partial charge in [0.2, 0.25) is 0 Å². The normalized spacial score (nSPS) is 12.0. The van der Waals surface area contributed by atoms with Gasteiger partial charge in [-0.1, -0.05) is 66.7 Å². The van der Waals surface area contributed by atoms with Crippen LogP contribution >= 0.6 is 0 Å². The fraction of sp³-hybridized carbons (Fsp3) is 0.0526. The van der Waals surface area contributed by atoms with Crippen LogP contribution in [0, 0.1) is 6.07 Å². The Morgan fingerprint density at radius 1 is 0.737 bits per heavy atom. The molecule has 89 valence electrons. The highest BCUT2D eigenvalue weighted by Crippen LogP contribution is 2.38. The smallest absolute Gasteiger partial charge is 0.00130 e. The molecule has 0 saturated heterocycles. The Morgan fingerprint density at radius 2 is 1.58 bits per heavy atom. The van der Waals surface area contributed by atoms with Crippen molar-refractivity contribution in [3.63, 3.8) is 0 Å². The summed E-state index contributed by atoms with van der Waals surface area (Å²) in [6, 6.07) is 26.8. The molecule has 0 heterocycles. The molecule has 0 spiro atoms. The van der Waals surface area contributed by atoms with Gasteiger partial charge in [-0.15, -0.1) is 0 Å². The van der Waals surface area contributed by atoms with Crippen molar-refractivity contribution in [2.45, 2.75) is 6.42 Å². The quantitative estimate of drug-likeness (QED) is 0.452. The summed E-state index contributed by atoms with van der Waals surface area (Å²) in [4.78, 5) is 0. The third kappa shape index (κ3) is 1.68. The van der Waals surface area contributed by atoms with E-state index in [2.05, 4.69) is 66.7 Å². The first-order chi connectivity index (χ1) is 9.42. The Hall–Kier alpha value is -2.34. The number of benzene rings is 3. The molecular formula is C19H13. The molecule has 0 aromatic heterocycles. The van der Waals surface area contributed by atoms with Crippen LogP contribution in [0.5, 0.6) is 0 Å². The van der Waals surface area contributed by atoms with Crippen molar-refractivity contribution in [1.29, 1.82) is 0 Å². The van der Waals surface area contributed by atoms with Crippen LogP contribution in [0.4, 0.5) is 0 Å². The molecule has 0 aliphatic heterocycles. The molecule has 0 amide bonds. The average Bonchev–Trinajstić information content (AvgIpc) is 2.86. The molecule has 3 aromatic rings. The molecule has 3 aromatic carbocycles. The van der Waals surface area contributed by atoms with Crippen molar-refractivity contribution in [1.82, 2.24) is 0 Å². The van der Waals surface area contributed by atoms with Crippen molar-refractivity contribution < 1.29 is 0 Å². The monoisotopic (exact) mass is 241 g/mol. The summed E-state index contributed by atoms with van der Waals surface area (Å²) in [7, 11) is 0. The summed E-state index contributed by atoms with van der Waals surface area (Å²) in [5.74, 6) is 0. The highest BCUT2D eigenvalue weighted by atomic mass is 14.2. The Morgan fingerprint density at radius 3 is 2.47 bits per heavy atom. The first-order valence-electron chi connectivity index (χ1n) is 6.59.